The third kappa shape index (κ3) is 2.43. The Morgan fingerprint density at radius 3 is 2.95 bits per heavy atom. The largest absolute Gasteiger partial charge is 0.367 e. The lowest BCUT2D eigenvalue weighted by molar-refractivity contribution is -0.120. The summed E-state index contributed by atoms with van der Waals surface area (Å²) in [5.74, 6) is 1.12. The molecular weight excluding hydrogens is 244 g/mol. The highest BCUT2D eigenvalue weighted by Gasteiger charge is 2.38. The molecule has 1 aliphatic carbocycles. The molecule has 1 saturated heterocycles. The number of ether oxygens (including phenoxy) is 1. The number of Topliss-reactive ketones (excluding diaryl/α,β-unsaturated/α-hetero) is 1. The number of ketones is 1. The number of carbonyl (C=O) groups is 1. The molecule has 0 N–H and O–H groups in total. The molecule has 3 rings (SSSR count). The summed E-state index contributed by atoms with van der Waals surface area (Å²) in [5, 5.41) is 4.05. The molecule has 1 aromatic rings. The summed E-state index contributed by atoms with van der Waals surface area (Å²) in [5.41, 5.74) is -0.435. The van der Waals surface area contributed by atoms with Crippen LogP contribution in [0.25, 0.3) is 0 Å². The van der Waals surface area contributed by atoms with Gasteiger partial charge < -0.3 is 9.26 Å². The maximum atomic E-state index is 12.1. The second-order valence-corrected chi connectivity index (χ2v) is 5.76. The van der Waals surface area contributed by atoms with Gasteiger partial charge in [0.2, 0.25) is 11.7 Å². The minimum absolute atomic E-state index is 0.200. The molecule has 2 heterocycles. The molecule has 1 saturated carbocycles. The number of hydrogen-bond acceptors (Lipinski definition) is 5. The molecule has 0 bridgehead atoms. The van der Waals surface area contributed by atoms with Crippen molar-refractivity contribution in [3.05, 3.63) is 11.7 Å². The van der Waals surface area contributed by atoms with E-state index in [1.165, 1.54) is 0 Å². The van der Waals surface area contributed by atoms with E-state index in [0.29, 0.717) is 18.1 Å². The van der Waals surface area contributed by atoms with Crippen molar-refractivity contribution in [1.82, 2.24) is 10.1 Å². The summed E-state index contributed by atoms with van der Waals surface area (Å²) in [4.78, 5) is 16.5. The monoisotopic (exact) mass is 264 g/mol. The predicted octanol–water partition coefficient (Wildman–Crippen LogP) is 2.71. The van der Waals surface area contributed by atoms with E-state index < -0.39 is 5.60 Å². The van der Waals surface area contributed by atoms with Gasteiger partial charge in [0.05, 0.1) is 5.92 Å². The van der Waals surface area contributed by atoms with Crippen molar-refractivity contribution < 1.29 is 14.1 Å². The third-order valence-corrected chi connectivity index (χ3v) is 4.24. The van der Waals surface area contributed by atoms with Crippen molar-refractivity contribution in [2.45, 2.75) is 63.4 Å². The molecule has 5 heteroatoms. The average molecular weight is 264 g/mol. The second-order valence-electron chi connectivity index (χ2n) is 5.76. The van der Waals surface area contributed by atoms with Crippen LogP contribution in [0.1, 0.15) is 69.5 Å². The molecule has 0 radical (unpaired) electrons. The van der Waals surface area contributed by atoms with Crippen molar-refractivity contribution in [2.24, 2.45) is 0 Å². The highest BCUT2D eigenvalue weighted by Crippen LogP contribution is 2.35. The zero-order valence-corrected chi connectivity index (χ0v) is 11.4. The average Bonchev–Trinajstić information content (AvgIpc) is 2.99. The van der Waals surface area contributed by atoms with Crippen molar-refractivity contribution >= 4 is 5.78 Å². The fraction of sp³-hybridized carbons (Fsp3) is 0.786. The van der Waals surface area contributed by atoms with Gasteiger partial charge in [-0.05, 0) is 32.6 Å². The van der Waals surface area contributed by atoms with Gasteiger partial charge in [0.1, 0.15) is 11.4 Å². The topological polar surface area (TPSA) is 65.2 Å². The SMILES string of the molecule is CC1(c2noc(C3CCCCCC3=O)n2)CCCO1. The number of nitrogens with zero attached hydrogens (tertiary/aromatic N) is 2. The molecule has 2 unspecified atom stereocenters. The fourth-order valence-electron chi connectivity index (χ4n) is 2.97. The predicted molar refractivity (Wildman–Crippen MR) is 67.7 cm³/mol. The van der Waals surface area contributed by atoms with Crippen LogP contribution in [0.4, 0.5) is 0 Å². The first-order valence-electron chi connectivity index (χ1n) is 7.20. The van der Waals surface area contributed by atoms with Crippen LogP contribution in [0.15, 0.2) is 4.52 Å². The number of aromatic nitrogens is 2. The van der Waals surface area contributed by atoms with Crippen LogP contribution in [0.5, 0.6) is 0 Å². The van der Waals surface area contributed by atoms with E-state index in [9.17, 15) is 4.79 Å². The number of rotatable bonds is 2. The summed E-state index contributed by atoms with van der Waals surface area (Å²) in [6.45, 7) is 2.73. The molecule has 1 aromatic heterocycles. The zero-order chi connectivity index (χ0) is 13.3. The van der Waals surface area contributed by atoms with Gasteiger partial charge in [0, 0.05) is 13.0 Å². The standard InChI is InChI=1S/C14H20N2O3/c1-14(8-5-9-18-14)13-15-12(19-16-13)10-6-3-2-4-7-11(10)17/h10H,2-9H2,1H3. The Hall–Kier alpha value is -1.23. The Balaban J connectivity index is 1.82. The highest BCUT2D eigenvalue weighted by atomic mass is 16.5. The second kappa shape index (κ2) is 5.04. The van der Waals surface area contributed by atoms with Crippen LogP contribution in [0.3, 0.4) is 0 Å². The first kappa shape index (κ1) is 12.8. The lowest BCUT2D eigenvalue weighted by Gasteiger charge is -2.17. The van der Waals surface area contributed by atoms with Gasteiger partial charge in [0.25, 0.3) is 0 Å². The van der Waals surface area contributed by atoms with Gasteiger partial charge in [-0.2, -0.15) is 4.98 Å². The van der Waals surface area contributed by atoms with E-state index >= 15 is 0 Å². The van der Waals surface area contributed by atoms with Gasteiger partial charge >= 0.3 is 0 Å². The quantitative estimate of drug-likeness (QED) is 0.768. The Bertz CT molecular complexity index is 463. The van der Waals surface area contributed by atoms with Crippen molar-refractivity contribution in [1.29, 1.82) is 0 Å². The molecule has 19 heavy (non-hydrogen) atoms. The van der Waals surface area contributed by atoms with Gasteiger partial charge in [-0.1, -0.05) is 18.0 Å². The molecule has 2 atom stereocenters. The molecule has 2 fully saturated rings. The molecule has 0 aromatic carbocycles. The van der Waals surface area contributed by atoms with Crippen molar-refractivity contribution in [2.75, 3.05) is 6.61 Å². The molecule has 104 valence electrons. The van der Waals surface area contributed by atoms with Crippen molar-refractivity contribution in [3.8, 4) is 0 Å². The lowest BCUT2D eigenvalue weighted by atomic mass is 9.98. The van der Waals surface area contributed by atoms with Gasteiger partial charge in [-0.25, -0.2) is 0 Å². The first-order chi connectivity index (χ1) is 9.19. The van der Waals surface area contributed by atoms with Crippen LogP contribution in [-0.4, -0.2) is 22.5 Å². The van der Waals surface area contributed by atoms with E-state index in [-0.39, 0.29) is 11.7 Å². The Kier molecular flexibility index (Phi) is 3.39. The van der Waals surface area contributed by atoms with Crippen LogP contribution in [0, 0.1) is 0 Å². The van der Waals surface area contributed by atoms with Crippen LogP contribution < -0.4 is 0 Å². The summed E-state index contributed by atoms with van der Waals surface area (Å²) >= 11 is 0. The number of carbonyl (C=O) groups excluding carboxylic acids is 1. The van der Waals surface area contributed by atoms with Crippen LogP contribution in [-0.2, 0) is 15.1 Å². The zero-order valence-electron chi connectivity index (χ0n) is 11.4. The first-order valence-corrected chi connectivity index (χ1v) is 7.20. The van der Waals surface area contributed by atoms with Crippen molar-refractivity contribution in [3.63, 3.8) is 0 Å². The smallest absolute Gasteiger partial charge is 0.237 e. The summed E-state index contributed by atoms with van der Waals surface area (Å²) in [6.07, 6.45) is 6.55. The lowest BCUT2D eigenvalue weighted by Crippen LogP contribution is -2.22. The maximum Gasteiger partial charge on any atom is 0.237 e. The Morgan fingerprint density at radius 2 is 2.16 bits per heavy atom. The van der Waals surface area contributed by atoms with Gasteiger partial charge in [-0.3, -0.25) is 4.79 Å². The molecule has 0 spiro atoms. The van der Waals surface area contributed by atoms with E-state index in [4.69, 9.17) is 9.26 Å². The maximum absolute atomic E-state index is 12.1. The summed E-state index contributed by atoms with van der Waals surface area (Å²) in [7, 11) is 0. The number of hydrogen-bond donors (Lipinski definition) is 0. The van der Waals surface area contributed by atoms with Gasteiger partial charge in [0.15, 0.2) is 0 Å². The van der Waals surface area contributed by atoms with Crippen LogP contribution >= 0.6 is 0 Å². The molecule has 5 nitrogen and oxygen atoms in total. The molecule has 2 aliphatic rings. The van der Waals surface area contributed by atoms with E-state index in [2.05, 4.69) is 10.1 Å². The molecule has 0 amide bonds. The Labute approximate surface area is 112 Å². The third-order valence-electron chi connectivity index (χ3n) is 4.24. The molecule has 1 aliphatic heterocycles. The normalized spacial score (nSPS) is 32.5. The van der Waals surface area contributed by atoms with E-state index in [0.717, 1.165) is 45.1 Å². The highest BCUT2D eigenvalue weighted by molar-refractivity contribution is 5.84. The van der Waals surface area contributed by atoms with Crippen LogP contribution in [0.2, 0.25) is 0 Å². The molecular formula is C14H20N2O3. The van der Waals surface area contributed by atoms with E-state index in [1.807, 2.05) is 6.92 Å². The minimum atomic E-state index is -0.435. The van der Waals surface area contributed by atoms with Gasteiger partial charge in [-0.15, -0.1) is 0 Å². The Morgan fingerprint density at radius 1 is 1.26 bits per heavy atom. The van der Waals surface area contributed by atoms with E-state index in [1.54, 1.807) is 0 Å². The fourth-order valence-corrected chi connectivity index (χ4v) is 2.97. The summed E-state index contributed by atoms with van der Waals surface area (Å²) < 4.78 is 11.1. The minimum Gasteiger partial charge on any atom is -0.367 e. The summed E-state index contributed by atoms with van der Waals surface area (Å²) in [6, 6.07) is 0.